The number of hydrogen-bond acceptors (Lipinski definition) is 1. The number of nitrogens with one attached hydrogen (secondary N) is 2. The number of anilines is 1. The Hall–Kier alpha value is -1.95. The molecular formula is C12H8ClF3N2O. The van der Waals surface area contributed by atoms with Gasteiger partial charge in [0.05, 0.1) is 21.8 Å². The zero-order chi connectivity index (χ0) is 14.0. The number of halogens is 4. The van der Waals surface area contributed by atoms with Crippen LogP contribution in [0.1, 0.15) is 15.9 Å². The lowest BCUT2D eigenvalue weighted by atomic mass is 10.2. The van der Waals surface area contributed by atoms with Crippen LogP contribution in [0.3, 0.4) is 0 Å². The summed E-state index contributed by atoms with van der Waals surface area (Å²) in [6.07, 6.45) is -1.53. The fourth-order valence-corrected chi connectivity index (χ4v) is 1.62. The molecule has 0 saturated heterocycles. The maximum absolute atomic E-state index is 12.5. The molecule has 0 aliphatic rings. The first-order chi connectivity index (χ1) is 8.88. The van der Waals surface area contributed by atoms with Gasteiger partial charge in [-0.2, -0.15) is 13.2 Å². The molecule has 0 spiro atoms. The van der Waals surface area contributed by atoms with Crippen molar-refractivity contribution in [3.05, 3.63) is 52.8 Å². The smallest absolute Gasteiger partial charge is 0.367 e. The molecule has 2 rings (SSSR count). The fraction of sp³-hybridized carbons (Fsp3) is 0.0833. The SMILES string of the molecule is O=C(Nc1cc(C(F)(F)F)ccc1Cl)c1cc[nH]c1. The van der Waals surface area contributed by atoms with Gasteiger partial charge in [-0.15, -0.1) is 0 Å². The Morgan fingerprint density at radius 3 is 2.58 bits per heavy atom. The normalized spacial score (nSPS) is 11.4. The highest BCUT2D eigenvalue weighted by atomic mass is 35.5. The monoisotopic (exact) mass is 288 g/mol. The number of hydrogen-bond donors (Lipinski definition) is 2. The van der Waals surface area contributed by atoms with Crippen LogP contribution >= 0.6 is 11.6 Å². The summed E-state index contributed by atoms with van der Waals surface area (Å²) < 4.78 is 37.6. The Kier molecular flexibility index (Phi) is 3.53. The zero-order valence-electron chi connectivity index (χ0n) is 9.38. The summed E-state index contributed by atoms with van der Waals surface area (Å²) >= 11 is 5.76. The molecule has 0 saturated carbocycles. The topological polar surface area (TPSA) is 44.9 Å². The van der Waals surface area contributed by atoms with E-state index in [1.165, 1.54) is 18.5 Å². The number of carbonyl (C=O) groups excluding carboxylic acids is 1. The molecule has 1 aromatic carbocycles. The lowest BCUT2D eigenvalue weighted by Crippen LogP contribution is -2.13. The van der Waals surface area contributed by atoms with Crippen molar-refractivity contribution in [1.82, 2.24) is 4.98 Å². The molecule has 19 heavy (non-hydrogen) atoms. The first-order valence-corrected chi connectivity index (χ1v) is 5.56. The van der Waals surface area contributed by atoms with Gasteiger partial charge in [-0.05, 0) is 24.3 Å². The third-order valence-electron chi connectivity index (χ3n) is 2.40. The van der Waals surface area contributed by atoms with Crippen LogP contribution in [0.4, 0.5) is 18.9 Å². The molecule has 100 valence electrons. The molecular weight excluding hydrogens is 281 g/mol. The van der Waals surface area contributed by atoms with E-state index in [0.717, 1.165) is 18.2 Å². The summed E-state index contributed by atoms with van der Waals surface area (Å²) in [4.78, 5) is 14.4. The quantitative estimate of drug-likeness (QED) is 0.864. The van der Waals surface area contributed by atoms with Gasteiger partial charge in [-0.25, -0.2) is 0 Å². The second-order valence-electron chi connectivity index (χ2n) is 3.75. The van der Waals surface area contributed by atoms with Gasteiger partial charge in [-0.3, -0.25) is 4.79 Å². The van der Waals surface area contributed by atoms with Crippen LogP contribution in [0.5, 0.6) is 0 Å². The first kappa shape index (κ1) is 13.5. The van der Waals surface area contributed by atoms with Gasteiger partial charge < -0.3 is 10.3 Å². The summed E-state index contributed by atoms with van der Waals surface area (Å²) in [5.41, 5.74) is -0.655. The molecule has 1 amide bonds. The fourth-order valence-electron chi connectivity index (χ4n) is 1.46. The van der Waals surface area contributed by atoms with E-state index < -0.39 is 17.6 Å². The van der Waals surface area contributed by atoms with Crippen LogP contribution in [0.25, 0.3) is 0 Å². The van der Waals surface area contributed by atoms with E-state index in [2.05, 4.69) is 10.3 Å². The minimum atomic E-state index is -4.49. The van der Waals surface area contributed by atoms with E-state index in [-0.39, 0.29) is 10.7 Å². The number of alkyl halides is 3. The molecule has 1 heterocycles. The minimum Gasteiger partial charge on any atom is -0.367 e. The van der Waals surface area contributed by atoms with E-state index in [0.29, 0.717) is 5.56 Å². The summed E-state index contributed by atoms with van der Waals surface area (Å²) in [5.74, 6) is -0.539. The van der Waals surface area contributed by atoms with E-state index in [1.54, 1.807) is 0 Å². The minimum absolute atomic E-state index is 0.0388. The van der Waals surface area contributed by atoms with E-state index >= 15 is 0 Å². The molecule has 2 aromatic rings. The molecule has 0 atom stereocenters. The van der Waals surface area contributed by atoms with Gasteiger partial charge >= 0.3 is 6.18 Å². The summed E-state index contributed by atoms with van der Waals surface area (Å²) in [6.45, 7) is 0. The van der Waals surface area contributed by atoms with Crippen molar-refractivity contribution in [2.75, 3.05) is 5.32 Å². The Bertz CT molecular complexity index is 594. The highest BCUT2D eigenvalue weighted by Gasteiger charge is 2.31. The van der Waals surface area contributed by atoms with Crippen LogP contribution in [0.2, 0.25) is 5.02 Å². The Morgan fingerprint density at radius 2 is 2.00 bits per heavy atom. The predicted molar refractivity (Wildman–Crippen MR) is 65.2 cm³/mol. The highest BCUT2D eigenvalue weighted by molar-refractivity contribution is 6.34. The van der Waals surface area contributed by atoms with Crippen molar-refractivity contribution in [3.63, 3.8) is 0 Å². The number of rotatable bonds is 2. The van der Waals surface area contributed by atoms with E-state index in [1.807, 2.05) is 0 Å². The van der Waals surface area contributed by atoms with Crippen molar-refractivity contribution in [3.8, 4) is 0 Å². The van der Waals surface area contributed by atoms with Gasteiger partial charge in [0.15, 0.2) is 0 Å². The third kappa shape index (κ3) is 3.08. The Labute approximate surface area is 111 Å². The van der Waals surface area contributed by atoms with Gasteiger partial charge in [0.1, 0.15) is 0 Å². The van der Waals surface area contributed by atoms with Crippen LogP contribution in [0, 0.1) is 0 Å². The molecule has 0 aliphatic heterocycles. The van der Waals surface area contributed by atoms with Crippen molar-refractivity contribution >= 4 is 23.2 Å². The number of aromatic nitrogens is 1. The molecule has 0 bridgehead atoms. The van der Waals surface area contributed by atoms with E-state index in [9.17, 15) is 18.0 Å². The number of amides is 1. The molecule has 3 nitrogen and oxygen atoms in total. The van der Waals surface area contributed by atoms with Crippen LogP contribution in [0.15, 0.2) is 36.7 Å². The highest BCUT2D eigenvalue weighted by Crippen LogP contribution is 2.33. The average molecular weight is 289 g/mol. The maximum Gasteiger partial charge on any atom is 0.416 e. The van der Waals surface area contributed by atoms with Gasteiger partial charge in [0.2, 0.25) is 0 Å². The van der Waals surface area contributed by atoms with Gasteiger partial charge in [-0.1, -0.05) is 11.6 Å². The standard InChI is InChI=1S/C12H8ClF3N2O/c13-9-2-1-8(12(14,15)16)5-10(9)18-11(19)7-3-4-17-6-7/h1-6,17H,(H,18,19). The molecule has 1 aromatic heterocycles. The number of aromatic amines is 1. The molecule has 0 fully saturated rings. The average Bonchev–Trinajstić information content (AvgIpc) is 2.84. The van der Waals surface area contributed by atoms with Crippen molar-refractivity contribution in [1.29, 1.82) is 0 Å². The maximum atomic E-state index is 12.5. The van der Waals surface area contributed by atoms with Crippen LogP contribution in [-0.2, 0) is 6.18 Å². The Morgan fingerprint density at radius 1 is 1.26 bits per heavy atom. The molecule has 0 radical (unpaired) electrons. The number of carbonyl (C=O) groups is 1. The lowest BCUT2D eigenvalue weighted by Gasteiger charge is -2.11. The molecule has 0 aliphatic carbocycles. The number of benzene rings is 1. The molecule has 2 N–H and O–H groups in total. The van der Waals surface area contributed by atoms with Crippen LogP contribution in [-0.4, -0.2) is 10.9 Å². The van der Waals surface area contributed by atoms with Crippen LogP contribution < -0.4 is 5.32 Å². The second kappa shape index (κ2) is 4.97. The second-order valence-corrected chi connectivity index (χ2v) is 4.15. The van der Waals surface area contributed by atoms with Crippen molar-refractivity contribution in [2.24, 2.45) is 0 Å². The van der Waals surface area contributed by atoms with Gasteiger partial charge in [0.25, 0.3) is 5.91 Å². The third-order valence-corrected chi connectivity index (χ3v) is 2.73. The van der Waals surface area contributed by atoms with Crippen molar-refractivity contribution in [2.45, 2.75) is 6.18 Å². The molecule has 7 heteroatoms. The summed E-state index contributed by atoms with van der Waals surface area (Å²) in [5, 5.41) is 2.37. The lowest BCUT2D eigenvalue weighted by molar-refractivity contribution is -0.137. The van der Waals surface area contributed by atoms with E-state index in [4.69, 9.17) is 11.6 Å². The van der Waals surface area contributed by atoms with Gasteiger partial charge in [0, 0.05) is 12.4 Å². The Balaban J connectivity index is 2.27. The first-order valence-electron chi connectivity index (χ1n) is 5.19. The summed E-state index contributed by atoms with van der Waals surface area (Å²) in [6, 6.07) is 4.25. The van der Waals surface area contributed by atoms with Crippen molar-refractivity contribution < 1.29 is 18.0 Å². The number of H-pyrrole nitrogens is 1. The predicted octanol–water partition coefficient (Wildman–Crippen LogP) is 3.94. The zero-order valence-corrected chi connectivity index (χ0v) is 10.1. The largest absolute Gasteiger partial charge is 0.416 e. The summed E-state index contributed by atoms with van der Waals surface area (Å²) in [7, 11) is 0. The molecule has 0 unspecified atom stereocenters.